The first-order chi connectivity index (χ1) is 10.4. The lowest BCUT2D eigenvalue weighted by molar-refractivity contribution is -0.135. The molecule has 0 radical (unpaired) electrons. The van der Waals surface area contributed by atoms with Crippen molar-refractivity contribution in [2.45, 2.75) is 83.5 Å². The molecule has 3 nitrogen and oxygen atoms in total. The van der Waals surface area contributed by atoms with Gasteiger partial charge in [0.2, 0.25) is 0 Å². The van der Waals surface area contributed by atoms with Gasteiger partial charge in [0, 0.05) is 0 Å². The summed E-state index contributed by atoms with van der Waals surface area (Å²) < 4.78 is 0. The summed E-state index contributed by atoms with van der Waals surface area (Å²) in [7, 11) is 0. The summed E-state index contributed by atoms with van der Waals surface area (Å²) in [5.74, 6) is 2.57. The molecule has 0 aromatic carbocycles. The largest absolute Gasteiger partial charge is 0.393 e. The Kier molecular flexibility index (Phi) is 3.46. The van der Waals surface area contributed by atoms with Crippen molar-refractivity contribution in [3.8, 4) is 0 Å². The van der Waals surface area contributed by atoms with Gasteiger partial charge >= 0.3 is 0 Å². The highest BCUT2D eigenvalue weighted by atomic mass is 16.3. The third kappa shape index (κ3) is 1.91. The van der Waals surface area contributed by atoms with E-state index in [1.54, 1.807) is 0 Å². The highest BCUT2D eigenvalue weighted by Crippen LogP contribution is 2.66. The summed E-state index contributed by atoms with van der Waals surface area (Å²) in [5, 5.41) is 30.8. The molecular formula is C19H32O3. The molecule has 0 aromatic rings. The lowest BCUT2D eigenvalue weighted by Crippen LogP contribution is -2.54. The maximum absolute atomic E-state index is 10.5. The van der Waals surface area contributed by atoms with Gasteiger partial charge in [-0.15, -0.1) is 0 Å². The molecule has 4 fully saturated rings. The Hall–Kier alpha value is -0.120. The van der Waals surface area contributed by atoms with E-state index in [1.807, 2.05) is 0 Å². The van der Waals surface area contributed by atoms with E-state index >= 15 is 0 Å². The van der Waals surface area contributed by atoms with Gasteiger partial charge in [-0.05, 0) is 85.9 Å². The van der Waals surface area contributed by atoms with Gasteiger partial charge in [-0.25, -0.2) is 0 Å². The van der Waals surface area contributed by atoms with Crippen LogP contribution in [0.5, 0.6) is 0 Å². The van der Waals surface area contributed by atoms with Crippen LogP contribution in [0.3, 0.4) is 0 Å². The number of rotatable bonds is 0. The molecule has 22 heavy (non-hydrogen) atoms. The molecule has 4 aliphatic rings. The van der Waals surface area contributed by atoms with Gasteiger partial charge in [-0.1, -0.05) is 13.8 Å². The minimum absolute atomic E-state index is 0.0715. The predicted molar refractivity (Wildman–Crippen MR) is 85.1 cm³/mol. The monoisotopic (exact) mass is 308 g/mol. The van der Waals surface area contributed by atoms with Crippen LogP contribution in [0.4, 0.5) is 0 Å². The van der Waals surface area contributed by atoms with Gasteiger partial charge in [0.05, 0.1) is 18.3 Å². The van der Waals surface area contributed by atoms with Gasteiger partial charge in [0.1, 0.15) is 0 Å². The molecular weight excluding hydrogens is 276 g/mol. The molecule has 126 valence electrons. The molecule has 4 aliphatic carbocycles. The second-order valence-corrected chi connectivity index (χ2v) is 9.38. The second kappa shape index (κ2) is 4.94. The third-order valence-electron chi connectivity index (χ3n) is 8.61. The topological polar surface area (TPSA) is 60.7 Å². The van der Waals surface area contributed by atoms with Crippen molar-refractivity contribution in [2.24, 2.45) is 34.5 Å². The third-order valence-corrected chi connectivity index (χ3v) is 8.61. The molecule has 9 atom stereocenters. The lowest BCUT2D eigenvalue weighted by atomic mass is 9.45. The molecule has 0 aromatic heterocycles. The Morgan fingerprint density at radius 3 is 2.27 bits per heavy atom. The van der Waals surface area contributed by atoms with E-state index in [1.165, 1.54) is 19.3 Å². The van der Waals surface area contributed by atoms with Crippen LogP contribution in [-0.2, 0) is 0 Å². The van der Waals surface area contributed by atoms with Crippen molar-refractivity contribution >= 4 is 0 Å². The van der Waals surface area contributed by atoms with Crippen LogP contribution in [-0.4, -0.2) is 33.6 Å². The Labute approximate surface area is 134 Å². The highest BCUT2D eigenvalue weighted by molar-refractivity contribution is 5.11. The Morgan fingerprint density at radius 2 is 1.50 bits per heavy atom. The summed E-state index contributed by atoms with van der Waals surface area (Å²) in [6.45, 7) is 4.69. The first kappa shape index (κ1) is 15.4. The zero-order valence-corrected chi connectivity index (χ0v) is 14.0. The molecule has 4 rings (SSSR count). The Balaban J connectivity index is 1.63. The molecule has 3 N–H and O–H groups in total. The molecule has 0 bridgehead atoms. The SMILES string of the molecule is C[C@]12CC[C@H](O)C[C@@H]1CC[C@@H]1[C@@H]2CC[C@]2(C)C(O)[C@H](O)C[C@@H]12. The summed E-state index contributed by atoms with van der Waals surface area (Å²) in [6.07, 6.45) is 7.49. The van der Waals surface area contributed by atoms with Crippen molar-refractivity contribution in [1.29, 1.82) is 0 Å². The van der Waals surface area contributed by atoms with E-state index in [0.29, 0.717) is 23.2 Å². The quantitative estimate of drug-likeness (QED) is 0.645. The smallest absolute Gasteiger partial charge is 0.0855 e. The summed E-state index contributed by atoms with van der Waals surface area (Å²) in [5.41, 5.74) is 0.305. The molecule has 0 amide bonds. The fourth-order valence-electron chi connectivity index (χ4n) is 7.22. The second-order valence-electron chi connectivity index (χ2n) is 9.38. The number of fused-ring (bicyclic) bond motifs is 5. The number of hydrogen-bond donors (Lipinski definition) is 3. The predicted octanol–water partition coefficient (Wildman–Crippen LogP) is 2.72. The van der Waals surface area contributed by atoms with E-state index in [-0.39, 0.29) is 11.5 Å². The van der Waals surface area contributed by atoms with Crippen molar-refractivity contribution in [2.75, 3.05) is 0 Å². The van der Waals surface area contributed by atoms with Crippen LogP contribution in [0.15, 0.2) is 0 Å². The molecule has 0 heterocycles. The first-order valence-electron chi connectivity index (χ1n) is 9.40. The van der Waals surface area contributed by atoms with Crippen molar-refractivity contribution in [3.63, 3.8) is 0 Å². The van der Waals surface area contributed by atoms with Gasteiger partial charge in [0.25, 0.3) is 0 Å². The molecule has 3 heteroatoms. The highest BCUT2D eigenvalue weighted by Gasteiger charge is 2.61. The van der Waals surface area contributed by atoms with Crippen LogP contribution in [0.1, 0.15) is 65.2 Å². The van der Waals surface area contributed by atoms with E-state index in [0.717, 1.165) is 38.0 Å². The zero-order chi connectivity index (χ0) is 15.7. The fourth-order valence-corrected chi connectivity index (χ4v) is 7.22. The maximum atomic E-state index is 10.5. The van der Waals surface area contributed by atoms with Gasteiger partial charge in [-0.2, -0.15) is 0 Å². The van der Waals surface area contributed by atoms with E-state index in [9.17, 15) is 15.3 Å². The summed E-state index contributed by atoms with van der Waals surface area (Å²) in [6, 6.07) is 0. The first-order valence-corrected chi connectivity index (χ1v) is 9.40. The number of hydrogen-bond acceptors (Lipinski definition) is 3. The normalized spacial score (nSPS) is 61.2. The zero-order valence-electron chi connectivity index (χ0n) is 14.0. The lowest BCUT2D eigenvalue weighted by Gasteiger charge is -2.60. The van der Waals surface area contributed by atoms with Crippen molar-refractivity contribution < 1.29 is 15.3 Å². The molecule has 0 saturated heterocycles. The van der Waals surface area contributed by atoms with Crippen LogP contribution >= 0.6 is 0 Å². The van der Waals surface area contributed by atoms with Crippen LogP contribution in [0.2, 0.25) is 0 Å². The van der Waals surface area contributed by atoms with Gasteiger partial charge in [-0.3, -0.25) is 0 Å². The van der Waals surface area contributed by atoms with E-state index in [2.05, 4.69) is 13.8 Å². The number of aliphatic hydroxyl groups excluding tert-OH is 3. The average molecular weight is 308 g/mol. The minimum Gasteiger partial charge on any atom is -0.393 e. The molecule has 1 unspecified atom stereocenters. The summed E-state index contributed by atoms with van der Waals surface area (Å²) >= 11 is 0. The summed E-state index contributed by atoms with van der Waals surface area (Å²) in [4.78, 5) is 0. The van der Waals surface area contributed by atoms with E-state index < -0.39 is 12.2 Å². The average Bonchev–Trinajstić information content (AvgIpc) is 2.72. The van der Waals surface area contributed by atoms with Crippen LogP contribution in [0, 0.1) is 34.5 Å². The Morgan fingerprint density at radius 1 is 0.773 bits per heavy atom. The van der Waals surface area contributed by atoms with Crippen LogP contribution in [0.25, 0.3) is 0 Å². The standard InChI is InChI=1S/C19H32O3/c1-18-7-5-12(20)9-11(18)3-4-13-14(18)6-8-19(2)15(13)10-16(21)17(19)22/h11-17,20-22H,3-10H2,1-2H3/t11-,12-,13+,14-,15-,16+,17?,18-,19-/m0/s1. The minimum atomic E-state index is -0.530. The van der Waals surface area contributed by atoms with Gasteiger partial charge < -0.3 is 15.3 Å². The fraction of sp³-hybridized carbons (Fsp3) is 1.00. The van der Waals surface area contributed by atoms with Crippen LogP contribution < -0.4 is 0 Å². The maximum Gasteiger partial charge on any atom is 0.0855 e. The molecule has 4 saturated carbocycles. The molecule has 0 spiro atoms. The van der Waals surface area contributed by atoms with Crippen molar-refractivity contribution in [1.82, 2.24) is 0 Å². The molecule has 0 aliphatic heterocycles. The van der Waals surface area contributed by atoms with E-state index in [4.69, 9.17) is 0 Å². The van der Waals surface area contributed by atoms with Gasteiger partial charge in [0.15, 0.2) is 0 Å². The number of aliphatic hydroxyl groups is 3. The Bertz CT molecular complexity index is 452. The van der Waals surface area contributed by atoms with Crippen molar-refractivity contribution in [3.05, 3.63) is 0 Å².